The van der Waals surface area contributed by atoms with Gasteiger partial charge in [0.05, 0.1) is 24.3 Å². The van der Waals surface area contributed by atoms with Crippen molar-refractivity contribution in [3.63, 3.8) is 0 Å². The van der Waals surface area contributed by atoms with E-state index in [1.54, 1.807) is 19.2 Å². The lowest BCUT2D eigenvalue weighted by Crippen LogP contribution is -2.30. The highest BCUT2D eigenvalue weighted by molar-refractivity contribution is 6.32. The molecule has 5 nitrogen and oxygen atoms in total. The Morgan fingerprint density at radius 3 is 3.00 bits per heavy atom. The zero-order valence-corrected chi connectivity index (χ0v) is 12.5. The number of nitrogens with two attached hydrogens (primary N) is 1. The zero-order valence-electron chi connectivity index (χ0n) is 11.8. The summed E-state index contributed by atoms with van der Waals surface area (Å²) in [6, 6.07) is 5.36. The molecule has 110 valence electrons. The number of benzene rings is 1. The smallest absolute Gasteiger partial charge is 0.193 e. The molecule has 0 spiro atoms. The van der Waals surface area contributed by atoms with Crippen LogP contribution >= 0.6 is 11.6 Å². The summed E-state index contributed by atoms with van der Waals surface area (Å²) in [6.07, 6.45) is 2.09. The molecular weight excluding hydrogens is 278 g/mol. The summed E-state index contributed by atoms with van der Waals surface area (Å²) in [5, 5.41) is 3.53. The number of halogens is 1. The average molecular weight is 298 g/mol. The topological polar surface area (TPSA) is 68.9 Å². The van der Waals surface area contributed by atoms with Crippen LogP contribution in [-0.4, -0.2) is 31.8 Å². The van der Waals surface area contributed by atoms with Crippen LogP contribution in [0.4, 0.5) is 5.69 Å². The molecule has 1 aliphatic heterocycles. The quantitative estimate of drug-likeness (QED) is 0.662. The second kappa shape index (κ2) is 6.33. The fraction of sp³-hybridized carbons (Fsp3) is 0.500. The van der Waals surface area contributed by atoms with E-state index in [9.17, 15) is 0 Å². The van der Waals surface area contributed by atoms with Gasteiger partial charge in [-0.3, -0.25) is 4.99 Å². The third-order valence-corrected chi connectivity index (χ3v) is 3.60. The Labute approximate surface area is 124 Å². The largest absolute Gasteiger partial charge is 0.495 e. The SMILES string of the molecule is COc1ccc(NC(N)=NCC2(C)CCCO2)cc1Cl. The highest BCUT2D eigenvalue weighted by Crippen LogP contribution is 2.27. The number of nitrogens with zero attached hydrogens (tertiary/aromatic N) is 1. The Bertz CT molecular complexity index is 499. The Balaban J connectivity index is 1.96. The van der Waals surface area contributed by atoms with Gasteiger partial charge in [-0.2, -0.15) is 0 Å². The third-order valence-electron chi connectivity index (χ3n) is 3.31. The molecule has 20 heavy (non-hydrogen) atoms. The van der Waals surface area contributed by atoms with Gasteiger partial charge in [-0.05, 0) is 38.0 Å². The van der Waals surface area contributed by atoms with Gasteiger partial charge >= 0.3 is 0 Å². The van der Waals surface area contributed by atoms with Crippen molar-refractivity contribution in [1.29, 1.82) is 0 Å². The van der Waals surface area contributed by atoms with Crippen LogP contribution in [0.1, 0.15) is 19.8 Å². The molecule has 0 aliphatic carbocycles. The maximum Gasteiger partial charge on any atom is 0.193 e. The zero-order chi connectivity index (χ0) is 14.6. The molecule has 0 aromatic heterocycles. The first kappa shape index (κ1) is 14.9. The van der Waals surface area contributed by atoms with E-state index in [0.717, 1.165) is 25.1 Å². The van der Waals surface area contributed by atoms with Crippen LogP contribution in [0.3, 0.4) is 0 Å². The van der Waals surface area contributed by atoms with Crippen LogP contribution in [0.15, 0.2) is 23.2 Å². The Kier molecular flexibility index (Phi) is 4.73. The van der Waals surface area contributed by atoms with Crippen molar-refractivity contribution in [1.82, 2.24) is 0 Å². The molecule has 1 atom stereocenters. The summed E-state index contributed by atoms with van der Waals surface area (Å²) < 4.78 is 10.8. The summed E-state index contributed by atoms with van der Waals surface area (Å²) in [5.41, 5.74) is 6.45. The normalized spacial score (nSPS) is 22.9. The summed E-state index contributed by atoms with van der Waals surface area (Å²) >= 11 is 6.05. The molecule has 1 heterocycles. The minimum Gasteiger partial charge on any atom is -0.495 e. The van der Waals surface area contributed by atoms with Crippen LogP contribution in [0, 0.1) is 0 Å². The van der Waals surface area contributed by atoms with Crippen LogP contribution in [-0.2, 0) is 4.74 Å². The number of nitrogens with one attached hydrogen (secondary N) is 1. The lowest BCUT2D eigenvalue weighted by atomic mass is 10.0. The fourth-order valence-electron chi connectivity index (χ4n) is 2.15. The first-order chi connectivity index (χ1) is 9.52. The standard InChI is InChI=1S/C14H20ClN3O2/c1-14(6-3-7-20-14)9-17-13(16)18-10-4-5-12(19-2)11(15)8-10/h4-5,8H,3,6-7,9H2,1-2H3,(H3,16,17,18). The molecule has 6 heteroatoms. The van der Waals surface area contributed by atoms with E-state index in [0.29, 0.717) is 23.3 Å². The molecule has 2 rings (SSSR count). The van der Waals surface area contributed by atoms with Crippen molar-refractivity contribution in [3.8, 4) is 5.75 Å². The maximum absolute atomic E-state index is 6.05. The van der Waals surface area contributed by atoms with E-state index in [-0.39, 0.29) is 5.60 Å². The van der Waals surface area contributed by atoms with Gasteiger partial charge in [-0.1, -0.05) is 11.6 Å². The molecule has 3 N–H and O–H groups in total. The van der Waals surface area contributed by atoms with Crippen molar-refractivity contribution in [2.75, 3.05) is 25.6 Å². The summed E-state index contributed by atoms with van der Waals surface area (Å²) in [6.45, 7) is 3.41. The molecule has 0 bridgehead atoms. The fourth-order valence-corrected chi connectivity index (χ4v) is 2.40. The van der Waals surface area contributed by atoms with Gasteiger partial charge in [0, 0.05) is 12.3 Å². The van der Waals surface area contributed by atoms with Crippen LogP contribution < -0.4 is 15.8 Å². The second-order valence-electron chi connectivity index (χ2n) is 5.08. The molecule has 1 aromatic carbocycles. The van der Waals surface area contributed by atoms with Gasteiger partial charge in [-0.15, -0.1) is 0 Å². The molecule has 1 aromatic rings. The van der Waals surface area contributed by atoms with Gasteiger partial charge < -0.3 is 20.5 Å². The average Bonchev–Trinajstić information content (AvgIpc) is 2.84. The third kappa shape index (κ3) is 3.77. The first-order valence-electron chi connectivity index (χ1n) is 6.57. The number of anilines is 1. The summed E-state index contributed by atoms with van der Waals surface area (Å²) in [5.74, 6) is 0.975. The molecule has 1 saturated heterocycles. The van der Waals surface area contributed by atoms with E-state index in [4.69, 9.17) is 26.8 Å². The molecule has 0 amide bonds. The van der Waals surface area contributed by atoms with Gasteiger partial charge in [0.25, 0.3) is 0 Å². The van der Waals surface area contributed by atoms with Crippen molar-refractivity contribution in [2.24, 2.45) is 10.7 Å². The minimum absolute atomic E-state index is 0.191. The predicted octanol–water partition coefficient (Wildman–Crippen LogP) is 2.64. The van der Waals surface area contributed by atoms with E-state index in [1.807, 2.05) is 6.07 Å². The highest BCUT2D eigenvalue weighted by Gasteiger charge is 2.29. The number of guanidine groups is 1. The first-order valence-corrected chi connectivity index (χ1v) is 6.95. The molecule has 1 aliphatic rings. The van der Waals surface area contributed by atoms with E-state index in [1.165, 1.54) is 0 Å². The summed E-state index contributed by atoms with van der Waals surface area (Å²) in [4.78, 5) is 4.33. The lowest BCUT2D eigenvalue weighted by molar-refractivity contribution is 0.0284. The van der Waals surface area contributed by atoms with Crippen molar-refractivity contribution < 1.29 is 9.47 Å². The van der Waals surface area contributed by atoms with Crippen LogP contribution in [0.2, 0.25) is 5.02 Å². The van der Waals surface area contributed by atoms with Gasteiger partial charge in [-0.25, -0.2) is 0 Å². The molecule has 1 fully saturated rings. The Morgan fingerprint density at radius 2 is 2.40 bits per heavy atom. The van der Waals surface area contributed by atoms with Crippen LogP contribution in [0.5, 0.6) is 5.75 Å². The molecule has 0 radical (unpaired) electrons. The molecule has 0 saturated carbocycles. The highest BCUT2D eigenvalue weighted by atomic mass is 35.5. The van der Waals surface area contributed by atoms with Gasteiger partial charge in [0.15, 0.2) is 5.96 Å². The van der Waals surface area contributed by atoms with E-state index in [2.05, 4.69) is 17.2 Å². The van der Waals surface area contributed by atoms with Gasteiger partial charge in [0.2, 0.25) is 0 Å². The van der Waals surface area contributed by atoms with E-state index < -0.39 is 0 Å². The number of hydrogen-bond donors (Lipinski definition) is 2. The predicted molar refractivity (Wildman–Crippen MR) is 81.7 cm³/mol. The number of aliphatic imine (C=N–C) groups is 1. The summed E-state index contributed by atoms with van der Waals surface area (Å²) in [7, 11) is 1.58. The number of rotatable bonds is 4. The van der Waals surface area contributed by atoms with Gasteiger partial charge in [0.1, 0.15) is 5.75 Å². The van der Waals surface area contributed by atoms with Crippen molar-refractivity contribution in [2.45, 2.75) is 25.4 Å². The van der Waals surface area contributed by atoms with Crippen LogP contribution in [0.25, 0.3) is 0 Å². The minimum atomic E-state index is -0.191. The number of ether oxygens (including phenoxy) is 2. The monoisotopic (exact) mass is 297 g/mol. The molecule has 1 unspecified atom stereocenters. The van der Waals surface area contributed by atoms with Crippen molar-refractivity contribution >= 4 is 23.2 Å². The number of methoxy groups -OCH3 is 1. The Morgan fingerprint density at radius 1 is 1.60 bits per heavy atom. The van der Waals surface area contributed by atoms with E-state index >= 15 is 0 Å². The second-order valence-corrected chi connectivity index (χ2v) is 5.48. The maximum atomic E-state index is 6.05. The number of hydrogen-bond acceptors (Lipinski definition) is 3. The van der Waals surface area contributed by atoms with Crippen molar-refractivity contribution in [3.05, 3.63) is 23.2 Å². The Hall–Kier alpha value is -1.46. The molecular formula is C14H20ClN3O2. The lowest BCUT2D eigenvalue weighted by Gasteiger charge is -2.20.